The van der Waals surface area contributed by atoms with Gasteiger partial charge in [0.15, 0.2) is 9.96 Å². The Morgan fingerprint density at radius 2 is 1.80 bits per heavy atom. The Morgan fingerprint density at radius 1 is 1.09 bits per heavy atom. The number of hydrogen-bond acceptors (Lipinski definition) is 10. The zero-order valence-corrected chi connectivity index (χ0v) is 26.1. The highest BCUT2D eigenvalue weighted by Gasteiger charge is 2.35. The number of H-pyrrole nitrogens is 1. The third-order valence-corrected chi connectivity index (χ3v) is 8.96. The third-order valence-electron chi connectivity index (χ3n) is 7.02. The van der Waals surface area contributed by atoms with E-state index in [9.17, 15) is 24.5 Å². The molecule has 0 bridgehead atoms. The van der Waals surface area contributed by atoms with Gasteiger partial charge in [-0.1, -0.05) is 78.1 Å². The number of carbonyl (C=O) groups excluding carboxylic acids is 1. The van der Waals surface area contributed by atoms with E-state index >= 15 is 0 Å². The molecule has 3 heterocycles. The second-order valence-electron chi connectivity index (χ2n) is 10.1. The largest absolute Gasteiger partial charge is 0.463 e. The SMILES string of the molecule is CCOC(=O)C1=C(c2ccccc2)N=c2s/c(=C/c3ccc(Sc4nc(C)cc(=O)[nH]4)c([N+](=O)[O-])c3)c(=O)n2[C@H]1c1ccccc1. The molecule has 0 saturated carbocycles. The summed E-state index contributed by atoms with van der Waals surface area (Å²) in [5.74, 6) is -0.582. The molecular formula is C33H25N5O6S2. The molecule has 13 heteroatoms. The zero-order chi connectivity index (χ0) is 32.4. The van der Waals surface area contributed by atoms with Gasteiger partial charge in [-0.3, -0.25) is 24.3 Å². The van der Waals surface area contributed by atoms with Crippen molar-refractivity contribution in [2.45, 2.75) is 29.9 Å². The summed E-state index contributed by atoms with van der Waals surface area (Å²) in [5.41, 5.74) is 1.94. The number of esters is 1. The third kappa shape index (κ3) is 6.10. The van der Waals surface area contributed by atoms with Crippen LogP contribution in [0.4, 0.5) is 5.69 Å². The van der Waals surface area contributed by atoms with E-state index in [4.69, 9.17) is 9.73 Å². The maximum Gasteiger partial charge on any atom is 0.338 e. The number of hydrogen-bond donors (Lipinski definition) is 1. The topological polar surface area (TPSA) is 150 Å². The van der Waals surface area contributed by atoms with E-state index < -0.39 is 22.5 Å². The van der Waals surface area contributed by atoms with Crippen molar-refractivity contribution in [2.75, 3.05) is 6.61 Å². The maximum atomic E-state index is 14.1. The van der Waals surface area contributed by atoms with Gasteiger partial charge in [0.05, 0.1) is 38.3 Å². The molecule has 0 spiro atoms. The minimum Gasteiger partial charge on any atom is -0.463 e. The number of thiazole rings is 1. The molecule has 0 unspecified atom stereocenters. The number of nitro groups is 1. The van der Waals surface area contributed by atoms with Crippen LogP contribution in [0.2, 0.25) is 0 Å². The van der Waals surface area contributed by atoms with Crippen molar-refractivity contribution in [3.63, 3.8) is 0 Å². The number of nitro benzene ring substituents is 1. The van der Waals surface area contributed by atoms with Crippen molar-refractivity contribution in [3.8, 4) is 0 Å². The number of carbonyl (C=O) groups is 1. The second-order valence-corrected chi connectivity index (χ2v) is 12.2. The van der Waals surface area contributed by atoms with Crippen LogP contribution in [0.3, 0.4) is 0 Å². The average molecular weight is 652 g/mol. The summed E-state index contributed by atoms with van der Waals surface area (Å²) in [6.07, 6.45) is 1.57. The fourth-order valence-electron chi connectivity index (χ4n) is 5.10. The van der Waals surface area contributed by atoms with E-state index in [1.54, 1.807) is 32.1 Å². The molecule has 0 saturated heterocycles. The zero-order valence-electron chi connectivity index (χ0n) is 24.5. The molecule has 6 rings (SSSR count). The number of nitrogens with zero attached hydrogens (tertiary/aromatic N) is 4. The minimum atomic E-state index is -0.828. The van der Waals surface area contributed by atoms with E-state index in [0.717, 1.165) is 23.1 Å². The molecule has 1 N–H and O–H groups in total. The minimum absolute atomic E-state index is 0.138. The lowest BCUT2D eigenvalue weighted by Gasteiger charge is -2.25. The first-order valence-corrected chi connectivity index (χ1v) is 15.7. The van der Waals surface area contributed by atoms with Gasteiger partial charge in [0, 0.05) is 23.4 Å². The van der Waals surface area contributed by atoms with Crippen LogP contribution in [0.25, 0.3) is 11.8 Å². The van der Waals surface area contributed by atoms with Crippen LogP contribution in [0.5, 0.6) is 0 Å². The molecule has 1 atom stereocenters. The van der Waals surface area contributed by atoms with Gasteiger partial charge in [-0.05, 0) is 48.9 Å². The molecule has 1 aliphatic rings. The Hall–Kier alpha value is -5.40. The van der Waals surface area contributed by atoms with Crippen LogP contribution >= 0.6 is 23.1 Å². The van der Waals surface area contributed by atoms with E-state index in [-0.39, 0.29) is 38.0 Å². The second kappa shape index (κ2) is 12.9. The van der Waals surface area contributed by atoms with Gasteiger partial charge < -0.3 is 9.72 Å². The van der Waals surface area contributed by atoms with Crippen LogP contribution in [0.1, 0.15) is 35.3 Å². The van der Waals surface area contributed by atoms with E-state index in [1.165, 1.54) is 16.7 Å². The van der Waals surface area contributed by atoms with Crippen molar-refractivity contribution in [1.29, 1.82) is 0 Å². The summed E-state index contributed by atoms with van der Waals surface area (Å²) < 4.78 is 7.23. The Balaban J connectivity index is 1.52. The molecule has 11 nitrogen and oxygen atoms in total. The van der Waals surface area contributed by atoms with Crippen LogP contribution in [-0.2, 0) is 9.53 Å². The van der Waals surface area contributed by atoms with Crippen molar-refractivity contribution < 1.29 is 14.5 Å². The molecular weight excluding hydrogens is 627 g/mol. The van der Waals surface area contributed by atoms with Crippen molar-refractivity contribution in [1.82, 2.24) is 14.5 Å². The lowest BCUT2D eigenvalue weighted by molar-refractivity contribution is -0.387. The van der Waals surface area contributed by atoms with E-state index in [1.807, 2.05) is 60.7 Å². The van der Waals surface area contributed by atoms with Gasteiger partial charge in [-0.25, -0.2) is 14.8 Å². The number of nitrogens with one attached hydrogen (secondary N) is 1. The molecule has 5 aromatic rings. The van der Waals surface area contributed by atoms with Crippen molar-refractivity contribution >= 4 is 46.5 Å². The molecule has 0 aliphatic carbocycles. The monoisotopic (exact) mass is 651 g/mol. The maximum absolute atomic E-state index is 14.1. The molecule has 2 aromatic heterocycles. The number of benzene rings is 3. The Bertz CT molecular complexity index is 2260. The van der Waals surface area contributed by atoms with E-state index in [2.05, 4.69) is 9.97 Å². The fraction of sp³-hybridized carbons (Fsp3) is 0.121. The summed E-state index contributed by atoms with van der Waals surface area (Å²) in [7, 11) is 0. The number of aromatic amines is 1. The Kier molecular flexibility index (Phi) is 8.59. The van der Waals surface area contributed by atoms with Gasteiger partial charge in [-0.2, -0.15) is 0 Å². The van der Waals surface area contributed by atoms with Gasteiger partial charge in [0.25, 0.3) is 16.8 Å². The van der Waals surface area contributed by atoms with Gasteiger partial charge in [0.2, 0.25) is 0 Å². The number of aryl methyl sites for hydroxylation is 1. The van der Waals surface area contributed by atoms with Gasteiger partial charge in [0.1, 0.15) is 0 Å². The first-order chi connectivity index (χ1) is 22.2. The average Bonchev–Trinajstić information content (AvgIpc) is 3.35. The number of aromatic nitrogens is 3. The normalized spacial score (nSPS) is 14.5. The smallest absolute Gasteiger partial charge is 0.338 e. The lowest BCUT2D eigenvalue weighted by atomic mass is 9.93. The standard InChI is InChI=1S/C33H25N5O6S2/c1-3-44-31(41)27-28(21-10-6-4-7-11-21)36-33-37(29(27)22-12-8-5-9-13-22)30(40)25(46-33)18-20-14-15-24(23(17-20)38(42)43)45-32-34-19(2)16-26(39)35-32/h4-18,29H,3H2,1-2H3,(H,34,35,39)/b25-18+/t29-/m0/s1. The first-order valence-electron chi connectivity index (χ1n) is 14.1. The van der Waals surface area contributed by atoms with Crippen molar-refractivity contribution in [3.05, 3.63) is 153 Å². The summed E-state index contributed by atoms with van der Waals surface area (Å²) in [6, 6.07) is 23.5. The Morgan fingerprint density at radius 3 is 2.48 bits per heavy atom. The predicted octanol–water partition coefficient (Wildman–Crippen LogP) is 4.39. The molecule has 1 aliphatic heterocycles. The van der Waals surface area contributed by atoms with Crippen LogP contribution in [0, 0.1) is 17.0 Å². The predicted molar refractivity (Wildman–Crippen MR) is 174 cm³/mol. The van der Waals surface area contributed by atoms with E-state index in [0.29, 0.717) is 32.9 Å². The molecule has 0 fully saturated rings. The fourth-order valence-corrected chi connectivity index (χ4v) is 7.02. The summed E-state index contributed by atoms with van der Waals surface area (Å²) in [6.45, 7) is 3.51. The highest BCUT2D eigenvalue weighted by atomic mass is 32.2. The Labute approximate surface area is 269 Å². The van der Waals surface area contributed by atoms with Crippen LogP contribution in [0.15, 0.2) is 115 Å². The molecule has 46 heavy (non-hydrogen) atoms. The van der Waals surface area contributed by atoms with Gasteiger partial charge >= 0.3 is 5.97 Å². The van der Waals surface area contributed by atoms with Crippen LogP contribution in [-0.4, -0.2) is 32.0 Å². The molecule has 230 valence electrons. The van der Waals surface area contributed by atoms with Crippen molar-refractivity contribution in [2.24, 2.45) is 4.99 Å². The highest BCUT2D eigenvalue weighted by molar-refractivity contribution is 7.99. The number of rotatable bonds is 8. The summed E-state index contributed by atoms with van der Waals surface area (Å²) in [4.78, 5) is 63.3. The summed E-state index contributed by atoms with van der Waals surface area (Å²) >= 11 is 2.09. The van der Waals surface area contributed by atoms with Gasteiger partial charge in [-0.15, -0.1) is 0 Å². The quantitative estimate of drug-likeness (QED) is 0.112. The highest BCUT2D eigenvalue weighted by Crippen LogP contribution is 2.36. The van der Waals surface area contributed by atoms with Crippen LogP contribution < -0.4 is 20.5 Å². The lowest BCUT2D eigenvalue weighted by Crippen LogP contribution is -2.39. The molecule has 0 amide bonds. The molecule has 3 aromatic carbocycles. The number of ether oxygens (including phenoxy) is 1. The summed E-state index contributed by atoms with van der Waals surface area (Å²) in [5, 5.41) is 12.3. The first kappa shape index (κ1) is 30.6. The number of fused-ring (bicyclic) bond motifs is 1. The molecule has 0 radical (unpaired) electrons.